The predicted octanol–water partition coefficient (Wildman–Crippen LogP) is 4.31. The first-order valence-electron chi connectivity index (χ1n) is 14.1. The van der Waals surface area contributed by atoms with E-state index in [1.54, 1.807) is 4.90 Å². The second-order valence-electron chi connectivity index (χ2n) is 11.8. The standard InChI is InChI=1S/C30H34F3N5O5S/c1-18-16-22(38-27(40)34-20(3)28(38,4)5)17-19(2)24(18)10-15-44(41,42)37-13-11-29(12-14-37)26(39)35-25(36-29)21-6-8-23(9-7-21)43-30(31,32)33/h6-9,16-17H,3,10-15H2,1-2,4-5H3,(H,34,40)(H,35,36,39). The number of nitrogens with zero attached hydrogens (tertiary/aromatic N) is 3. The molecule has 5 rings (SSSR count). The van der Waals surface area contributed by atoms with Gasteiger partial charge < -0.3 is 15.4 Å². The summed E-state index contributed by atoms with van der Waals surface area (Å²) in [7, 11) is -3.66. The Morgan fingerprint density at radius 2 is 1.61 bits per heavy atom. The number of carbonyl (C=O) groups excluding carboxylic acids is 2. The van der Waals surface area contributed by atoms with E-state index in [4.69, 9.17) is 0 Å². The summed E-state index contributed by atoms with van der Waals surface area (Å²) in [4.78, 5) is 31.7. The van der Waals surface area contributed by atoms with Crippen molar-refractivity contribution in [3.05, 3.63) is 70.9 Å². The molecule has 2 aromatic rings. The number of nitrogens with one attached hydrogen (secondary N) is 2. The molecule has 0 radical (unpaired) electrons. The fraction of sp³-hybridized carbons (Fsp3) is 0.433. The Morgan fingerprint density at radius 3 is 2.14 bits per heavy atom. The van der Waals surface area contributed by atoms with Crippen LogP contribution in [0.25, 0.3) is 0 Å². The number of benzene rings is 2. The highest BCUT2D eigenvalue weighted by molar-refractivity contribution is 7.89. The predicted molar refractivity (Wildman–Crippen MR) is 159 cm³/mol. The minimum absolute atomic E-state index is 0.102. The highest BCUT2D eigenvalue weighted by Crippen LogP contribution is 2.36. The Hall–Kier alpha value is -3.91. The van der Waals surface area contributed by atoms with Gasteiger partial charge in [0.25, 0.3) is 5.91 Å². The number of sulfonamides is 1. The fourth-order valence-corrected chi connectivity index (χ4v) is 7.42. The Bertz CT molecular complexity index is 1640. The van der Waals surface area contributed by atoms with Crippen LogP contribution >= 0.6 is 0 Å². The van der Waals surface area contributed by atoms with Crippen molar-refractivity contribution in [3.63, 3.8) is 0 Å². The number of aliphatic imine (C=N–C) groups is 1. The van der Waals surface area contributed by atoms with E-state index in [9.17, 15) is 31.2 Å². The van der Waals surface area contributed by atoms with Crippen molar-refractivity contribution in [2.75, 3.05) is 23.7 Å². The van der Waals surface area contributed by atoms with E-state index in [0.29, 0.717) is 16.9 Å². The fourth-order valence-electron chi connectivity index (χ4n) is 5.96. The molecule has 14 heteroatoms. The van der Waals surface area contributed by atoms with Gasteiger partial charge in [-0.3, -0.25) is 14.7 Å². The number of hydrogen-bond acceptors (Lipinski definition) is 6. The number of anilines is 1. The molecule has 2 aromatic carbocycles. The SMILES string of the molecule is C=C1NC(=O)N(c2cc(C)c(CCS(=O)(=O)N3CCC4(CC3)N=C(c3ccc(OC(F)(F)F)cc3)NC4=O)c(C)c2)C1(C)C. The third kappa shape index (κ3) is 5.92. The van der Waals surface area contributed by atoms with Crippen molar-refractivity contribution in [2.24, 2.45) is 4.99 Å². The zero-order chi connectivity index (χ0) is 32.2. The summed E-state index contributed by atoms with van der Waals surface area (Å²) in [6.07, 6.45) is -4.20. The maximum atomic E-state index is 13.4. The van der Waals surface area contributed by atoms with Gasteiger partial charge in [0.2, 0.25) is 10.0 Å². The number of halogens is 3. The summed E-state index contributed by atoms with van der Waals surface area (Å²) >= 11 is 0. The van der Waals surface area contributed by atoms with E-state index in [1.807, 2.05) is 39.8 Å². The smallest absolute Gasteiger partial charge is 0.406 e. The largest absolute Gasteiger partial charge is 0.573 e. The summed E-state index contributed by atoms with van der Waals surface area (Å²) in [6.45, 7) is 11.7. The van der Waals surface area contributed by atoms with Gasteiger partial charge >= 0.3 is 12.4 Å². The third-order valence-corrected chi connectivity index (χ3v) is 10.5. The molecule has 10 nitrogen and oxygen atoms in total. The minimum atomic E-state index is -4.82. The number of urea groups is 1. The highest BCUT2D eigenvalue weighted by Gasteiger charge is 2.47. The van der Waals surface area contributed by atoms with Crippen LogP contribution in [-0.2, 0) is 21.2 Å². The molecule has 2 saturated heterocycles. The second-order valence-corrected chi connectivity index (χ2v) is 13.9. The van der Waals surface area contributed by atoms with Crippen molar-refractivity contribution in [2.45, 2.75) is 64.4 Å². The van der Waals surface area contributed by atoms with Crippen LogP contribution < -0.4 is 20.3 Å². The average molecular weight is 634 g/mol. The molecule has 236 valence electrons. The summed E-state index contributed by atoms with van der Waals surface area (Å²) in [5, 5.41) is 5.46. The molecule has 3 aliphatic heterocycles. The lowest BCUT2D eigenvalue weighted by molar-refractivity contribution is -0.274. The van der Waals surface area contributed by atoms with Crippen LogP contribution in [0.2, 0.25) is 0 Å². The maximum Gasteiger partial charge on any atom is 0.573 e. The number of rotatable bonds is 7. The number of amides is 3. The van der Waals surface area contributed by atoms with Gasteiger partial charge in [-0.2, -0.15) is 0 Å². The topological polar surface area (TPSA) is 120 Å². The van der Waals surface area contributed by atoms with Crippen LogP contribution in [0.1, 0.15) is 48.9 Å². The molecule has 2 fully saturated rings. The van der Waals surface area contributed by atoms with Crippen molar-refractivity contribution in [1.29, 1.82) is 0 Å². The number of ether oxygens (including phenoxy) is 1. The van der Waals surface area contributed by atoms with Crippen molar-refractivity contribution in [1.82, 2.24) is 14.9 Å². The molecule has 2 N–H and O–H groups in total. The molecule has 1 spiro atoms. The van der Waals surface area contributed by atoms with E-state index >= 15 is 0 Å². The first kappa shape index (κ1) is 31.5. The molecule has 3 aliphatic rings. The Kier molecular flexibility index (Phi) is 7.82. The molecule has 0 aromatic heterocycles. The van der Waals surface area contributed by atoms with Gasteiger partial charge in [0.1, 0.15) is 17.1 Å². The summed E-state index contributed by atoms with van der Waals surface area (Å²) in [6, 6.07) is 8.50. The molecule has 3 amide bonds. The number of aryl methyl sites for hydroxylation is 2. The molecule has 44 heavy (non-hydrogen) atoms. The van der Waals surface area contributed by atoms with E-state index < -0.39 is 33.2 Å². The first-order chi connectivity index (χ1) is 20.4. The molecule has 0 atom stereocenters. The van der Waals surface area contributed by atoms with Crippen molar-refractivity contribution >= 4 is 33.5 Å². The summed E-state index contributed by atoms with van der Waals surface area (Å²) < 4.78 is 69.4. The Morgan fingerprint density at radius 1 is 1.02 bits per heavy atom. The van der Waals surface area contributed by atoms with Crippen molar-refractivity contribution in [3.8, 4) is 5.75 Å². The third-order valence-electron chi connectivity index (χ3n) is 8.59. The molecule has 0 unspecified atom stereocenters. The lowest BCUT2D eigenvalue weighted by Crippen LogP contribution is -2.50. The van der Waals surface area contributed by atoms with Gasteiger partial charge in [0.15, 0.2) is 0 Å². The maximum absolute atomic E-state index is 13.4. The summed E-state index contributed by atoms with van der Waals surface area (Å²) in [5.41, 5.74) is 2.58. The average Bonchev–Trinajstić information content (AvgIpc) is 3.33. The number of piperidine rings is 1. The van der Waals surface area contributed by atoms with E-state index in [2.05, 4.69) is 26.9 Å². The summed E-state index contributed by atoms with van der Waals surface area (Å²) in [5.74, 6) is -0.668. The number of alkyl halides is 3. The van der Waals surface area contributed by atoms with E-state index in [-0.39, 0.29) is 55.9 Å². The minimum Gasteiger partial charge on any atom is -0.406 e. The lowest BCUT2D eigenvalue weighted by Gasteiger charge is -2.34. The van der Waals surface area contributed by atoms with Crippen LogP contribution in [0.5, 0.6) is 5.75 Å². The Labute approximate surface area is 254 Å². The molecule has 3 heterocycles. The van der Waals surface area contributed by atoms with Crippen LogP contribution in [0.15, 0.2) is 53.7 Å². The first-order valence-corrected chi connectivity index (χ1v) is 15.7. The van der Waals surface area contributed by atoms with E-state index in [1.165, 1.54) is 16.4 Å². The van der Waals surface area contributed by atoms with Gasteiger partial charge in [-0.1, -0.05) is 6.58 Å². The molecule has 0 bridgehead atoms. The van der Waals surface area contributed by atoms with Crippen molar-refractivity contribution < 1.29 is 35.9 Å². The Balaban J connectivity index is 1.23. The normalized spacial score (nSPS) is 20.1. The quantitative estimate of drug-likeness (QED) is 0.471. The molecule has 0 saturated carbocycles. The molecule has 0 aliphatic carbocycles. The second kappa shape index (κ2) is 10.9. The number of amidine groups is 1. The van der Waals surface area contributed by atoms with Crippen LogP contribution in [0.4, 0.5) is 23.7 Å². The van der Waals surface area contributed by atoms with Crippen LogP contribution in [0.3, 0.4) is 0 Å². The van der Waals surface area contributed by atoms with Gasteiger partial charge in [0.05, 0.1) is 11.3 Å². The molecular weight excluding hydrogens is 599 g/mol. The van der Waals surface area contributed by atoms with Crippen LogP contribution in [0, 0.1) is 13.8 Å². The zero-order valence-electron chi connectivity index (χ0n) is 24.8. The van der Waals surface area contributed by atoms with Crippen LogP contribution in [-0.4, -0.2) is 66.8 Å². The zero-order valence-corrected chi connectivity index (χ0v) is 25.7. The molecular formula is C30H34F3N5O5S. The highest BCUT2D eigenvalue weighted by atomic mass is 32.2. The van der Waals surface area contributed by atoms with Gasteiger partial charge in [-0.15, -0.1) is 13.2 Å². The number of carbonyl (C=O) groups is 2. The number of hydrogen-bond donors (Lipinski definition) is 2. The van der Waals surface area contributed by atoms with Gasteiger partial charge in [0, 0.05) is 30.0 Å². The van der Waals surface area contributed by atoms with Gasteiger partial charge in [-0.25, -0.2) is 17.5 Å². The lowest BCUT2D eigenvalue weighted by atomic mass is 9.89. The monoisotopic (exact) mass is 633 g/mol. The van der Waals surface area contributed by atoms with Gasteiger partial charge in [-0.05, 0) is 100 Å². The van der Waals surface area contributed by atoms with E-state index in [0.717, 1.165) is 28.8 Å².